The SMILES string of the molecule is COc1ccc(CNC(C)C2CC2)cc1C. The number of aryl methyl sites for hydroxylation is 1. The van der Waals surface area contributed by atoms with Crippen LogP contribution in [0, 0.1) is 12.8 Å². The summed E-state index contributed by atoms with van der Waals surface area (Å²) in [7, 11) is 1.72. The van der Waals surface area contributed by atoms with E-state index in [2.05, 4.69) is 31.3 Å². The third-order valence-electron chi connectivity index (χ3n) is 3.42. The molecular weight excluding hydrogens is 198 g/mol. The minimum absolute atomic E-state index is 0.655. The number of nitrogens with one attached hydrogen (secondary N) is 1. The molecule has 2 heteroatoms. The highest BCUT2D eigenvalue weighted by atomic mass is 16.5. The van der Waals surface area contributed by atoms with E-state index in [1.54, 1.807) is 7.11 Å². The van der Waals surface area contributed by atoms with Gasteiger partial charge in [-0.15, -0.1) is 0 Å². The fourth-order valence-corrected chi connectivity index (χ4v) is 2.09. The van der Waals surface area contributed by atoms with Crippen LogP contribution in [0.3, 0.4) is 0 Å². The van der Waals surface area contributed by atoms with Crippen LogP contribution in [0.15, 0.2) is 18.2 Å². The van der Waals surface area contributed by atoms with Crippen LogP contribution < -0.4 is 10.1 Å². The van der Waals surface area contributed by atoms with Gasteiger partial charge in [-0.1, -0.05) is 12.1 Å². The van der Waals surface area contributed by atoms with Crippen molar-refractivity contribution in [2.75, 3.05) is 7.11 Å². The summed E-state index contributed by atoms with van der Waals surface area (Å²) in [6.45, 7) is 5.34. The number of hydrogen-bond donors (Lipinski definition) is 1. The molecule has 2 rings (SSSR count). The fraction of sp³-hybridized carbons (Fsp3) is 0.571. The second kappa shape index (κ2) is 4.88. The number of rotatable bonds is 5. The molecule has 1 fully saturated rings. The third-order valence-corrected chi connectivity index (χ3v) is 3.42. The summed E-state index contributed by atoms with van der Waals surface area (Å²) >= 11 is 0. The second-order valence-corrected chi connectivity index (χ2v) is 4.81. The largest absolute Gasteiger partial charge is 0.496 e. The Kier molecular flexibility index (Phi) is 3.49. The highest BCUT2D eigenvalue weighted by Gasteiger charge is 2.27. The van der Waals surface area contributed by atoms with Crippen molar-refractivity contribution in [2.45, 2.75) is 39.3 Å². The molecule has 0 bridgehead atoms. The molecule has 1 aromatic rings. The van der Waals surface area contributed by atoms with Crippen LogP contribution in [-0.2, 0) is 6.54 Å². The molecule has 0 spiro atoms. The van der Waals surface area contributed by atoms with Gasteiger partial charge in [0.1, 0.15) is 5.75 Å². The zero-order chi connectivity index (χ0) is 11.5. The molecule has 0 radical (unpaired) electrons. The zero-order valence-electron chi connectivity index (χ0n) is 10.4. The first kappa shape index (κ1) is 11.5. The van der Waals surface area contributed by atoms with Crippen LogP contribution in [0.5, 0.6) is 5.75 Å². The lowest BCUT2D eigenvalue weighted by Crippen LogP contribution is -2.27. The number of ether oxygens (including phenoxy) is 1. The lowest BCUT2D eigenvalue weighted by atomic mass is 10.1. The Hall–Kier alpha value is -1.02. The molecule has 16 heavy (non-hydrogen) atoms. The molecule has 0 aromatic heterocycles. The molecule has 0 aliphatic heterocycles. The standard InChI is InChI=1S/C14H21NO/c1-10-8-12(4-7-14(10)16-3)9-15-11(2)13-5-6-13/h4,7-8,11,13,15H,5-6,9H2,1-3H3. The molecule has 1 aromatic carbocycles. The first-order valence-corrected chi connectivity index (χ1v) is 6.07. The summed E-state index contributed by atoms with van der Waals surface area (Å²) in [5.41, 5.74) is 2.55. The quantitative estimate of drug-likeness (QED) is 0.822. The van der Waals surface area contributed by atoms with Gasteiger partial charge in [0.15, 0.2) is 0 Å². The van der Waals surface area contributed by atoms with Gasteiger partial charge >= 0.3 is 0 Å². The monoisotopic (exact) mass is 219 g/mol. The molecule has 1 atom stereocenters. The van der Waals surface area contributed by atoms with Gasteiger partial charge in [0.2, 0.25) is 0 Å². The summed E-state index contributed by atoms with van der Waals surface area (Å²) in [5.74, 6) is 1.89. The average molecular weight is 219 g/mol. The van der Waals surface area contributed by atoms with E-state index in [0.717, 1.165) is 18.2 Å². The van der Waals surface area contributed by atoms with Crippen molar-refractivity contribution in [3.05, 3.63) is 29.3 Å². The van der Waals surface area contributed by atoms with E-state index < -0.39 is 0 Å². The molecular formula is C14H21NO. The molecule has 1 aliphatic rings. The van der Waals surface area contributed by atoms with E-state index >= 15 is 0 Å². The van der Waals surface area contributed by atoms with Gasteiger partial charge in [0.25, 0.3) is 0 Å². The van der Waals surface area contributed by atoms with Crippen molar-refractivity contribution in [1.29, 1.82) is 0 Å². The van der Waals surface area contributed by atoms with Crippen molar-refractivity contribution in [3.8, 4) is 5.75 Å². The van der Waals surface area contributed by atoms with Crippen LogP contribution in [0.1, 0.15) is 30.9 Å². The lowest BCUT2D eigenvalue weighted by molar-refractivity contribution is 0.411. The number of benzene rings is 1. The second-order valence-electron chi connectivity index (χ2n) is 4.81. The Morgan fingerprint density at radius 1 is 1.44 bits per heavy atom. The van der Waals surface area contributed by atoms with Gasteiger partial charge in [-0.05, 0) is 49.8 Å². The first-order valence-electron chi connectivity index (χ1n) is 6.07. The van der Waals surface area contributed by atoms with Crippen molar-refractivity contribution in [1.82, 2.24) is 5.32 Å². The maximum absolute atomic E-state index is 5.25. The predicted octanol–water partition coefficient (Wildman–Crippen LogP) is 2.89. The van der Waals surface area contributed by atoms with E-state index in [1.165, 1.54) is 24.0 Å². The van der Waals surface area contributed by atoms with Crippen LogP contribution >= 0.6 is 0 Å². The Morgan fingerprint density at radius 2 is 2.19 bits per heavy atom. The Bertz CT molecular complexity index is 358. The van der Waals surface area contributed by atoms with Gasteiger partial charge in [-0.25, -0.2) is 0 Å². The smallest absolute Gasteiger partial charge is 0.121 e. The maximum atomic E-state index is 5.25. The highest BCUT2D eigenvalue weighted by molar-refractivity contribution is 5.36. The predicted molar refractivity (Wildman–Crippen MR) is 66.8 cm³/mol. The molecule has 1 N–H and O–H groups in total. The van der Waals surface area contributed by atoms with E-state index in [1.807, 2.05) is 6.07 Å². The van der Waals surface area contributed by atoms with Gasteiger partial charge in [-0.3, -0.25) is 0 Å². The molecule has 1 saturated carbocycles. The lowest BCUT2D eigenvalue weighted by Gasteiger charge is -2.13. The van der Waals surface area contributed by atoms with Crippen molar-refractivity contribution in [3.63, 3.8) is 0 Å². The van der Waals surface area contributed by atoms with E-state index in [4.69, 9.17) is 4.74 Å². The van der Waals surface area contributed by atoms with Crippen LogP contribution in [-0.4, -0.2) is 13.2 Å². The molecule has 2 nitrogen and oxygen atoms in total. The molecule has 0 saturated heterocycles. The Morgan fingerprint density at radius 3 is 2.75 bits per heavy atom. The van der Waals surface area contributed by atoms with E-state index in [9.17, 15) is 0 Å². The van der Waals surface area contributed by atoms with Crippen molar-refractivity contribution in [2.24, 2.45) is 5.92 Å². The van der Waals surface area contributed by atoms with Crippen molar-refractivity contribution < 1.29 is 4.74 Å². The van der Waals surface area contributed by atoms with Crippen LogP contribution in [0.25, 0.3) is 0 Å². The molecule has 1 aliphatic carbocycles. The third kappa shape index (κ3) is 2.76. The van der Waals surface area contributed by atoms with Crippen molar-refractivity contribution >= 4 is 0 Å². The summed E-state index contributed by atoms with van der Waals surface area (Å²) < 4.78 is 5.25. The topological polar surface area (TPSA) is 21.3 Å². The van der Waals surface area contributed by atoms with E-state index in [0.29, 0.717) is 6.04 Å². The van der Waals surface area contributed by atoms with Crippen LogP contribution in [0.4, 0.5) is 0 Å². The summed E-state index contributed by atoms with van der Waals surface area (Å²) in [4.78, 5) is 0. The molecule has 0 heterocycles. The number of hydrogen-bond acceptors (Lipinski definition) is 2. The minimum Gasteiger partial charge on any atom is -0.496 e. The summed E-state index contributed by atoms with van der Waals surface area (Å²) in [5, 5.41) is 3.58. The summed E-state index contributed by atoms with van der Waals surface area (Å²) in [6, 6.07) is 7.04. The average Bonchev–Trinajstić information content (AvgIpc) is 3.10. The molecule has 1 unspecified atom stereocenters. The minimum atomic E-state index is 0.655. The normalized spacial score (nSPS) is 17.2. The summed E-state index contributed by atoms with van der Waals surface area (Å²) in [6.07, 6.45) is 2.80. The fourth-order valence-electron chi connectivity index (χ4n) is 2.09. The van der Waals surface area contributed by atoms with Crippen LogP contribution in [0.2, 0.25) is 0 Å². The van der Waals surface area contributed by atoms with Gasteiger partial charge < -0.3 is 10.1 Å². The van der Waals surface area contributed by atoms with E-state index in [-0.39, 0.29) is 0 Å². The zero-order valence-corrected chi connectivity index (χ0v) is 10.4. The first-order chi connectivity index (χ1) is 7.70. The maximum Gasteiger partial charge on any atom is 0.121 e. The highest BCUT2D eigenvalue weighted by Crippen LogP contribution is 2.32. The number of methoxy groups -OCH3 is 1. The van der Waals surface area contributed by atoms with Gasteiger partial charge in [-0.2, -0.15) is 0 Å². The Balaban J connectivity index is 1.91. The molecule has 0 amide bonds. The van der Waals surface area contributed by atoms with Gasteiger partial charge in [0, 0.05) is 12.6 Å². The Labute approximate surface area is 98.0 Å². The van der Waals surface area contributed by atoms with Gasteiger partial charge in [0.05, 0.1) is 7.11 Å². The molecule has 88 valence electrons.